The van der Waals surface area contributed by atoms with Gasteiger partial charge < -0.3 is 9.73 Å². The van der Waals surface area contributed by atoms with Crippen LogP contribution in [0.25, 0.3) is 22.6 Å². The van der Waals surface area contributed by atoms with Crippen LogP contribution in [0.15, 0.2) is 65.1 Å². The van der Waals surface area contributed by atoms with Gasteiger partial charge in [0.1, 0.15) is 5.52 Å². The van der Waals surface area contributed by atoms with Crippen molar-refractivity contribution in [2.24, 2.45) is 0 Å². The Hall–Kier alpha value is -3.25. The van der Waals surface area contributed by atoms with E-state index in [1.807, 2.05) is 30.3 Å². The van der Waals surface area contributed by atoms with E-state index in [2.05, 4.69) is 10.3 Å². The number of oxazole rings is 1. The molecule has 0 bridgehead atoms. The Bertz CT molecular complexity index is 1180. The largest absolute Gasteiger partial charge is 0.436 e. The summed E-state index contributed by atoms with van der Waals surface area (Å²) >= 11 is 5.98. The maximum atomic E-state index is 13.5. The summed E-state index contributed by atoms with van der Waals surface area (Å²) < 4.78 is 32.4. The summed E-state index contributed by atoms with van der Waals surface area (Å²) in [5.74, 6) is -2.20. The number of hydrogen-bond donors (Lipinski definition) is 1. The molecular formula is C21H13ClF2N2O2. The molecule has 0 spiro atoms. The number of halogens is 3. The molecule has 0 unspecified atom stereocenters. The molecule has 1 amide bonds. The van der Waals surface area contributed by atoms with E-state index < -0.39 is 11.6 Å². The monoisotopic (exact) mass is 398 g/mol. The van der Waals surface area contributed by atoms with Gasteiger partial charge in [-0.05, 0) is 35.9 Å². The Labute approximate surface area is 163 Å². The van der Waals surface area contributed by atoms with Crippen molar-refractivity contribution in [3.05, 3.63) is 82.9 Å². The van der Waals surface area contributed by atoms with E-state index in [1.54, 1.807) is 18.2 Å². The van der Waals surface area contributed by atoms with E-state index in [-0.39, 0.29) is 28.8 Å². The number of benzene rings is 3. The zero-order valence-electron chi connectivity index (χ0n) is 14.4. The second-order valence-electron chi connectivity index (χ2n) is 6.16. The smallest absolute Gasteiger partial charge is 0.228 e. The van der Waals surface area contributed by atoms with Gasteiger partial charge in [-0.15, -0.1) is 0 Å². The maximum absolute atomic E-state index is 13.5. The standard InChI is InChI=1S/C21H13ClF2N2O2/c22-15-11-17(24)16(23)10-14(15)21-26-18-9-13(6-7-19(18)28-21)25-20(27)8-12-4-2-1-3-5-12/h1-7,9-11H,8H2,(H,25,27). The molecule has 0 radical (unpaired) electrons. The third-order valence-electron chi connectivity index (χ3n) is 4.12. The highest BCUT2D eigenvalue weighted by Gasteiger charge is 2.16. The molecule has 0 saturated heterocycles. The normalized spacial score (nSPS) is 11.0. The number of nitrogens with one attached hydrogen (secondary N) is 1. The number of fused-ring (bicyclic) bond motifs is 1. The van der Waals surface area contributed by atoms with Gasteiger partial charge in [-0.1, -0.05) is 41.9 Å². The van der Waals surface area contributed by atoms with Crippen molar-refractivity contribution < 1.29 is 18.0 Å². The Morgan fingerprint density at radius 2 is 1.79 bits per heavy atom. The number of carbonyl (C=O) groups excluding carboxylic acids is 1. The van der Waals surface area contributed by atoms with Crippen molar-refractivity contribution in [2.45, 2.75) is 6.42 Å². The van der Waals surface area contributed by atoms with E-state index >= 15 is 0 Å². The van der Waals surface area contributed by atoms with Crippen LogP contribution in [-0.4, -0.2) is 10.9 Å². The van der Waals surface area contributed by atoms with Gasteiger partial charge in [0.15, 0.2) is 17.2 Å². The molecule has 7 heteroatoms. The van der Waals surface area contributed by atoms with Crippen LogP contribution in [0.1, 0.15) is 5.56 Å². The number of aromatic nitrogens is 1. The first kappa shape index (κ1) is 18.1. The number of hydrogen-bond acceptors (Lipinski definition) is 3. The fourth-order valence-corrected chi connectivity index (χ4v) is 3.02. The summed E-state index contributed by atoms with van der Waals surface area (Å²) in [4.78, 5) is 16.5. The molecule has 0 aliphatic heterocycles. The van der Waals surface area contributed by atoms with Crippen molar-refractivity contribution in [2.75, 3.05) is 5.32 Å². The minimum atomic E-state index is -1.05. The number of rotatable bonds is 4. The maximum Gasteiger partial charge on any atom is 0.228 e. The van der Waals surface area contributed by atoms with Crippen LogP contribution < -0.4 is 5.32 Å². The molecule has 140 valence electrons. The summed E-state index contributed by atoms with van der Waals surface area (Å²) in [5.41, 5.74) is 2.47. The van der Waals surface area contributed by atoms with Crippen molar-refractivity contribution in [1.82, 2.24) is 4.98 Å². The molecule has 3 aromatic carbocycles. The van der Waals surface area contributed by atoms with E-state index in [0.29, 0.717) is 16.8 Å². The third kappa shape index (κ3) is 3.73. The highest BCUT2D eigenvalue weighted by Crippen LogP contribution is 2.32. The average Bonchev–Trinajstić information content (AvgIpc) is 3.08. The zero-order valence-corrected chi connectivity index (χ0v) is 15.1. The highest BCUT2D eigenvalue weighted by molar-refractivity contribution is 6.33. The van der Waals surface area contributed by atoms with Gasteiger partial charge >= 0.3 is 0 Å². The summed E-state index contributed by atoms with van der Waals surface area (Å²) in [7, 11) is 0. The summed E-state index contributed by atoms with van der Waals surface area (Å²) in [5, 5.41) is 2.79. The molecule has 0 saturated carbocycles. The van der Waals surface area contributed by atoms with Crippen molar-refractivity contribution in [3.8, 4) is 11.5 Å². The molecule has 4 nitrogen and oxygen atoms in total. The second-order valence-corrected chi connectivity index (χ2v) is 6.57. The SMILES string of the molecule is O=C(Cc1ccccc1)Nc1ccc2oc(-c3cc(F)c(F)cc3Cl)nc2c1. The molecule has 1 heterocycles. The predicted octanol–water partition coefficient (Wildman–Crippen LogP) is 5.61. The number of carbonyl (C=O) groups is 1. The summed E-state index contributed by atoms with van der Waals surface area (Å²) in [6, 6.07) is 16.1. The van der Waals surface area contributed by atoms with Gasteiger partial charge in [0.25, 0.3) is 0 Å². The van der Waals surface area contributed by atoms with Gasteiger partial charge in [-0.3, -0.25) is 4.79 Å². The van der Waals surface area contributed by atoms with E-state index in [0.717, 1.165) is 17.7 Å². The van der Waals surface area contributed by atoms with Crippen molar-refractivity contribution >= 4 is 34.3 Å². The molecule has 0 aliphatic rings. The van der Waals surface area contributed by atoms with Gasteiger partial charge in [0.2, 0.25) is 11.8 Å². The van der Waals surface area contributed by atoms with Gasteiger partial charge in [-0.25, -0.2) is 13.8 Å². The second kappa shape index (κ2) is 7.40. The van der Waals surface area contributed by atoms with Gasteiger partial charge in [0.05, 0.1) is 17.0 Å². The predicted molar refractivity (Wildman–Crippen MR) is 103 cm³/mol. The fraction of sp³-hybridized carbons (Fsp3) is 0.0476. The Morgan fingerprint density at radius 1 is 1.04 bits per heavy atom. The molecule has 1 N–H and O–H groups in total. The zero-order chi connectivity index (χ0) is 19.7. The summed E-state index contributed by atoms with van der Waals surface area (Å²) in [6.45, 7) is 0. The lowest BCUT2D eigenvalue weighted by Gasteiger charge is -2.04. The van der Waals surface area contributed by atoms with E-state index in [1.165, 1.54) is 0 Å². The fourth-order valence-electron chi connectivity index (χ4n) is 2.79. The van der Waals surface area contributed by atoms with Gasteiger partial charge in [0, 0.05) is 5.69 Å². The minimum absolute atomic E-state index is 0.0122. The van der Waals surface area contributed by atoms with Crippen LogP contribution >= 0.6 is 11.6 Å². The van der Waals surface area contributed by atoms with Crippen LogP contribution in [0.2, 0.25) is 5.02 Å². The first-order chi connectivity index (χ1) is 13.5. The van der Waals surface area contributed by atoms with Crippen molar-refractivity contribution in [1.29, 1.82) is 0 Å². The van der Waals surface area contributed by atoms with Crippen molar-refractivity contribution in [3.63, 3.8) is 0 Å². The molecule has 4 aromatic rings. The lowest BCUT2D eigenvalue weighted by Crippen LogP contribution is -2.14. The Balaban J connectivity index is 1.58. The van der Waals surface area contributed by atoms with Crippen LogP contribution in [0, 0.1) is 11.6 Å². The topological polar surface area (TPSA) is 55.1 Å². The molecule has 1 aromatic heterocycles. The molecule has 0 aliphatic carbocycles. The summed E-state index contributed by atoms with van der Waals surface area (Å²) in [6.07, 6.45) is 0.243. The highest BCUT2D eigenvalue weighted by atomic mass is 35.5. The lowest BCUT2D eigenvalue weighted by atomic mass is 10.1. The Kier molecular flexibility index (Phi) is 4.79. The number of anilines is 1. The van der Waals surface area contributed by atoms with Crippen LogP contribution in [0.4, 0.5) is 14.5 Å². The molecule has 0 atom stereocenters. The molecule has 0 fully saturated rings. The molecule has 4 rings (SSSR count). The van der Waals surface area contributed by atoms with Crippen LogP contribution in [0.3, 0.4) is 0 Å². The van der Waals surface area contributed by atoms with Crippen LogP contribution in [-0.2, 0) is 11.2 Å². The average molecular weight is 399 g/mol. The van der Waals surface area contributed by atoms with Crippen LogP contribution in [0.5, 0.6) is 0 Å². The number of amides is 1. The van der Waals surface area contributed by atoms with Gasteiger partial charge in [-0.2, -0.15) is 0 Å². The van der Waals surface area contributed by atoms with E-state index in [9.17, 15) is 13.6 Å². The molecule has 28 heavy (non-hydrogen) atoms. The Morgan fingerprint density at radius 3 is 2.57 bits per heavy atom. The molecular weight excluding hydrogens is 386 g/mol. The minimum Gasteiger partial charge on any atom is -0.436 e. The van der Waals surface area contributed by atoms with E-state index in [4.69, 9.17) is 16.0 Å². The quantitative estimate of drug-likeness (QED) is 0.455. The first-order valence-corrected chi connectivity index (χ1v) is 8.77. The third-order valence-corrected chi connectivity index (χ3v) is 4.43. The first-order valence-electron chi connectivity index (χ1n) is 8.39. The number of nitrogens with zero attached hydrogens (tertiary/aromatic N) is 1. The lowest BCUT2D eigenvalue weighted by molar-refractivity contribution is -0.115.